The molecule has 8 heteroatoms. The van der Waals surface area contributed by atoms with Gasteiger partial charge in [-0.05, 0) is 35.8 Å². The Morgan fingerprint density at radius 1 is 1.24 bits per heavy atom. The Balaban J connectivity index is 2.19. The number of rotatable bonds is 4. The van der Waals surface area contributed by atoms with Crippen molar-refractivity contribution in [3.05, 3.63) is 56.5 Å². The lowest BCUT2D eigenvalue weighted by molar-refractivity contribution is 0.236. The van der Waals surface area contributed by atoms with E-state index in [-0.39, 0.29) is 21.5 Å². The molecule has 3 aromatic rings. The molecule has 1 atom stereocenters. The Hall–Kier alpha value is -1.37. The molecule has 0 bridgehead atoms. The summed E-state index contributed by atoms with van der Waals surface area (Å²) in [6, 6.07) is 1.58. The molecule has 0 saturated heterocycles. The number of imidazole rings is 1. The van der Waals surface area contributed by atoms with E-state index in [0.717, 1.165) is 11.4 Å². The van der Waals surface area contributed by atoms with Crippen molar-refractivity contribution in [1.29, 1.82) is 0 Å². The number of hydrogen-bond donors (Lipinski definition) is 0. The van der Waals surface area contributed by atoms with E-state index in [1.54, 1.807) is 24.7 Å². The lowest BCUT2D eigenvalue weighted by atomic mass is 9.99. The van der Waals surface area contributed by atoms with E-state index in [9.17, 15) is 4.39 Å². The number of nitrogens with zero attached hydrogens (tertiary/aromatic N) is 3. The molecular formula is C17H15BrCl2FN3O. The highest BCUT2D eigenvalue weighted by atomic mass is 79.9. The molecule has 0 aliphatic heterocycles. The lowest BCUT2D eigenvalue weighted by Crippen LogP contribution is -2.12. The van der Waals surface area contributed by atoms with Crippen LogP contribution in [0.5, 0.6) is 5.75 Å². The van der Waals surface area contributed by atoms with Gasteiger partial charge in [-0.2, -0.15) is 0 Å². The second-order valence-electron chi connectivity index (χ2n) is 5.88. The average molecular weight is 447 g/mol. The largest absolute Gasteiger partial charge is 0.489 e. The molecule has 2 aromatic heterocycles. The minimum atomic E-state index is -0.548. The summed E-state index contributed by atoms with van der Waals surface area (Å²) in [5, 5.41) is 0.385. The quantitative estimate of drug-likeness (QED) is 0.470. The summed E-state index contributed by atoms with van der Waals surface area (Å²) in [6.45, 7) is 5.71. The summed E-state index contributed by atoms with van der Waals surface area (Å²) in [5.41, 5.74) is 1.43. The van der Waals surface area contributed by atoms with Crippen molar-refractivity contribution < 1.29 is 9.13 Å². The fraction of sp³-hybridized carbons (Fsp3) is 0.294. The first-order valence-corrected chi connectivity index (χ1v) is 9.17. The van der Waals surface area contributed by atoms with Crippen LogP contribution in [-0.4, -0.2) is 20.5 Å². The van der Waals surface area contributed by atoms with E-state index in [1.807, 2.05) is 25.2 Å². The highest BCUT2D eigenvalue weighted by Crippen LogP contribution is 2.42. The standard InChI is InChI=1S/C17H15BrCl2FN3O/c1-8(2)25-15-10(6-11(19)14(21)13(15)18)9(3)17-23-7-12-16(20)22-4-5-24(12)17/h4-9H,1-3H3. The van der Waals surface area contributed by atoms with E-state index >= 15 is 0 Å². The Kier molecular flexibility index (Phi) is 5.23. The number of aromatic nitrogens is 3. The van der Waals surface area contributed by atoms with Crippen molar-refractivity contribution >= 4 is 44.6 Å². The van der Waals surface area contributed by atoms with Gasteiger partial charge in [0, 0.05) is 23.9 Å². The number of benzene rings is 1. The van der Waals surface area contributed by atoms with E-state index in [4.69, 9.17) is 27.9 Å². The van der Waals surface area contributed by atoms with Gasteiger partial charge >= 0.3 is 0 Å². The monoisotopic (exact) mass is 445 g/mol. The summed E-state index contributed by atoms with van der Waals surface area (Å²) < 4.78 is 22.1. The summed E-state index contributed by atoms with van der Waals surface area (Å²) in [5.74, 6) is 0.376. The van der Waals surface area contributed by atoms with Crippen LogP contribution in [0.2, 0.25) is 10.2 Å². The van der Waals surface area contributed by atoms with Crippen molar-refractivity contribution in [2.75, 3.05) is 0 Å². The third-order valence-corrected chi connectivity index (χ3v) is 5.07. The molecule has 3 rings (SSSR count). The molecule has 0 amide bonds. The Morgan fingerprint density at radius 2 is 1.96 bits per heavy atom. The number of halogens is 4. The molecule has 2 heterocycles. The molecule has 0 aliphatic rings. The van der Waals surface area contributed by atoms with E-state index in [1.165, 1.54) is 0 Å². The second kappa shape index (κ2) is 7.09. The number of hydrogen-bond acceptors (Lipinski definition) is 3. The van der Waals surface area contributed by atoms with Crippen molar-refractivity contribution in [2.24, 2.45) is 0 Å². The maximum absolute atomic E-state index is 14.2. The third kappa shape index (κ3) is 3.35. The van der Waals surface area contributed by atoms with Crippen LogP contribution in [0.1, 0.15) is 38.1 Å². The molecule has 1 aromatic carbocycles. The van der Waals surface area contributed by atoms with Crippen LogP contribution in [0.3, 0.4) is 0 Å². The van der Waals surface area contributed by atoms with Gasteiger partial charge in [0.05, 0.1) is 21.8 Å². The maximum Gasteiger partial charge on any atom is 0.159 e. The highest BCUT2D eigenvalue weighted by molar-refractivity contribution is 9.10. The van der Waals surface area contributed by atoms with Crippen LogP contribution in [0, 0.1) is 5.82 Å². The smallest absolute Gasteiger partial charge is 0.159 e. The second-order valence-corrected chi connectivity index (χ2v) is 7.44. The Morgan fingerprint density at radius 3 is 2.64 bits per heavy atom. The zero-order chi connectivity index (χ0) is 18.3. The van der Waals surface area contributed by atoms with Gasteiger partial charge in [0.25, 0.3) is 0 Å². The number of fused-ring (bicyclic) bond motifs is 1. The van der Waals surface area contributed by atoms with Crippen LogP contribution < -0.4 is 4.74 Å². The molecule has 4 nitrogen and oxygen atoms in total. The van der Waals surface area contributed by atoms with Crippen LogP contribution in [0.15, 0.2) is 29.1 Å². The van der Waals surface area contributed by atoms with Crippen molar-refractivity contribution in [3.63, 3.8) is 0 Å². The fourth-order valence-corrected chi connectivity index (χ4v) is 3.71. The van der Waals surface area contributed by atoms with Gasteiger partial charge in [0.1, 0.15) is 17.1 Å². The normalized spacial score (nSPS) is 12.8. The highest BCUT2D eigenvalue weighted by Gasteiger charge is 2.25. The van der Waals surface area contributed by atoms with Crippen molar-refractivity contribution in [2.45, 2.75) is 32.8 Å². The predicted octanol–water partition coefficient (Wildman–Crippen LogP) is 5.88. The Labute approximate surface area is 163 Å². The van der Waals surface area contributed by atoms with Crippen LogP contribution in [-0.2, 0) is 0 Å². The molecule has 0 N–H and O–H groups in total. The Bertz CT molecular complexity index is 945. The predicted molar refractivity (Wildman–Crippen MR) is 100 cm³/mol. The zero-order valence-electron chi connectivity index (χ0n) is 13.7. The molecule has 25 heavy (non-hydrogen) atoms. The summed E-state index contributed by atoms with van der Waals surface area (Å²) in [6.07, 6.45) is 4.92. The molecule has 1 unspecified atom stereocenters. The van der Waals surface area contributed by atoms with Crippen LogP contribution >= 0.6 is 39.1 Å². The van der Waals surface area contributed by atoms with Gasteiger partial charge < -0.3 is 4.74 Å². The topological polar surface area (TPSA) is 39.4 Å². The van der Waals surface area contributed by atoms with Gasteiger partial charge in [-0.3, -0.25) is 4.40 Å². The zero-order valence-corrected chi connectivity index (χ0v) is 16.8. The van der Waals surface area contributed by atoms with Gasteiger partial charge in [0.15, 0.2) is 11.0 Å². The first-order valence-electron chi connectivity index (χ1n) is 7.62. The maximum atomic E-state index is 14.2. The van der Waals surface area contributed by atoms with Crippen molar-refractivity contribution in [1.82, 2.24) is 14.4 Å². The van der Waals surface area contributed by atoms with Gasteiger partial charge in [-0.1, -0.05) is 30.1 Å². The lowest BCUT2D eigenvalue weighted by Gasteiger charge is -2.21. The van der Waals surface area contributed by atoms with Gasteiger partial charge in [-0.25, -0.2) is 14.4 Å². The van der Waals surface area contributed by atoms with Gasteiger partial charge in [0.2, 0.25) is 0 Å². The molecule has 0 spiro atoms. The summed E-state index contributed by atoms with van der Waals surface area (Å²) in [4.78, 5) is 8.52. The first kappa shape index (κ1) is 18.4. The molecule has 132 valence electrons. The van der Waals surface area contributed by atoms with E-state index in [0.29, 0.717) is 16.4 Å². The molecular weight excluding hydrogens is 432 g/mol. The van der Waals surface area contributed by atoms with Crippen molar-refractivity contribution in [3.8, 4) is 5.75 Å². The number of ether oxygens (including phenoxy) is 1. The van der Waals surface area contributed by atoms with E-state index in [2.05, 4.69) is 25.9 Å². The fourth-order valence-electron chi connectivity index (χ4n) is 2.65. The minimum Gasteiger partial charge on any atom is -0.489 e. The SMILES string of the molecule is CC(C)Oc1c(C(C)c2ncc3c(Cl)nccn23)cc(Cl)c(F)c1Br. The molecule has 0 aliphatic carbocycles. The molecule has 0 saturated carbocycles. The average Bonchev–Trinajstić information content (AvgIpc) is 3.00. The third-order valence-electron chi connectivity index (χ3n) is 3.79. The first-order chi connectivity index (χ1) is 11.8. The summed E-state index contributed by atoms with van der Waals surface area (Å²) in [7, 11) is 0. The minimum absolute atomic E-state index is 0.0189. The summed E-state index contributed by atoms with van der Waals surface area (Å²) >= 11 is 15.4. The van der Waals surface area contributed by atoms with Crippen LogP contribution in [0.4, 0.5) is 4.39 Å². The van der Waals surface area contributed by atoms with E-state index < -0.39 is 5.82 Å². The molecule has 0 fully saturated rings. The molecule has 0 radical (unpaired) electrons. The van der Waals surface area contributed by atoms with Gasteiger partial charge in [-0.15, -0.1) is 0 Å². The van der Waals surface area contributed by atoms with Crippen LogP contribution in [0.25, 0.3) is 5.52 Å².